The van der Waals surface area contributed by atoms with Crippen molar-refractivity contribution in [2.24, 2.45) is 0 Å². The number of hydrogen-bond donors (Lipinski definition) is 0. The Balaban J connectivity index is 2.04. The summed E-state index contributed by atoms with van der Waals surface area (Å²) in [6.45, 7) is 13.3. The Morgan fingerprint density at radius 1 is 0.795 bits per heavy atom. The Kier molecular flexibility index (Phi) is 15.8. The van der Waals surface area contributed by atoms with Crippen LogP contribution in [0.3, 0.4) is 0 Å². The fourth-order valence-corrected chi connectivity index (χ4v) is 4.49. The molecule has 0 fully saturated rings. The zero-order valence-electron chi connectivity index (χ0n) is 25.1. The molecule has 0 aliphatic rings. The lowest BCUT2D eigenvalue weighted by atomic mass is 10.0. The molecule has 0 unspecified atom stereocenters. The number of benzene rings is 2. The van der Waals surface area contributed by atoms with E-state index in [0.29, 0.717) is 18.6 Å². The van der Waals surface area contributed by atoms with Gasteiger partial charge in [0.05, 0.1) is 0 Å². The predicted octanol–water partition coefficient (Wildman–Crippen LogP) is 8.68. The lowest BCUT2D eigenvalue weighted by Gasteiger charge is -2.20. The molecule has 214 valence electrons. The highest BCUT2D eigenvalue weighted by atomic mass is 16.6. The maximum atomic E-state index is 13.1. The summed E-state index contributed by atoms with van der Waals surface area (Å²) in [5, 5.41) is 0. The van der Waals surface area contributed by atoms with Gasteiger partial charge in [0.1, 0.15) is 19.0 Å². The molecule has 0 saturated heterocycles. The second-order valence-corrected chi connectivity index (χ2v) is 10.6. The second-order valence-electron chi connectivity index (χ2n) is 10.6. The van der Waals surface area contributed by atoms with E-state index >= 15 is 0 Å². The van der Waals surface area contributed by atoms with E-state index in [4.69, 9.17) is 9.47 Å². The summed E-state index contributed by atoms with van der Waals surface area (Å²) in [5.74, 6) is 0.537. The molecule has 2 aromatic rings. The summed E-state index contributed by atoms with van der Waals surface area (Å²) in [7, 11) is 0. The third-order valence-electron chi connectivity index (χ3n) is 6.87. The Morgan fingerprint density at radius 3 is 2.05 bits per heavy atom. The van der Waals surface area contributed by atoms with E-state index in [0.717, 1.165) is 30.0 Å². The van der Waals surface area contributed by atoms with E-state index in [2.05, 4.69) is 69.1 Å². The zero-order chi connectivity index (χ0) is 28.3. The van der Waals surface area contributed by atoms with Gasteiger partial charge in [-0.1, -0.05) is 106 Å². The molecule has 4 heteroatoms. The molecule has 39 heavy (non-hydrogen) atoms. The molecule has 2 aromatic carbocycles. The summed E-state index contributed by atoms with van der Waals surface area (Å²) >= 11 is 0. The fraction of sp³-hybridized carbons (Fsp3) is 0.514. The number of esters is 1. The normalized spacial score (nSPS) is 11.7. The lowest BCUT2D eigenvalue weighted by Crippen LogP contribution is -2.20. The van der Waals surface area contributed by atoms with Crippen molar-refractivity contribution in [3.8, 4) is 5.75 Å². The largest absolute Gasteiger partial charge is 0.490 e. The molecule has 0 bridgehead atoms. The van der Waals surface area contributed by atoms with Crippen molar-refractivity contribution < 1.29 is 14.3 Å². The standard InChI is InChI=1S/C35H51NO3/c1-6-8-10-12-22-36(23-13-11-9-7-2)24-14-15-33(28-32-19-16-29(3)17-20-32)35(37)39-26-25-38-34-21-18-30(4)27-31(34)5/h14-21,24,27H,6-13,22-23,25-26,28H2,1-5H3/b24-14+,33-15+. The molecule has 0 spiro atoms. The van der Waals surface area contributed by atoms with Crippen LogP contribution < -0.4 is 4.74 Å². The molecule has 0 amide bonds. The van der Waals surface area contributed by atoms with E-state index in [1.807, 2.05) is 31.2 Å². The van der Waals surface area contributed by atoms with Crippen LogP contribution in [0.1, 0.15) is 87.5 Å². The highest BCUT2D eigenvalue weighted by Crippen LogP contribution is 2.19. The van der Waals surface area contributed by atoms with Gasteiger partial charge in [0.25, 0.3) is 0 Å². The molecule has 4 nitrogen and oxygen atoms in total. The minimum atomic E-state index is -0.290. The third kappa shape index (κ3) is 13.6. The number of hydrogen-bond acceptors (Lipinski definition) is 4. The molecule has 0 radical (unpaired) electrons. The van der Waals surface area contributed by atoms with Crippen LogP contribution in [0.5, 0.6) is 5.75 Å². The highest BCUT2D eigenvalue weighted by molar-refractivity contribution is 5.89. The third-order valence-corrected chi connectivity index (χ3v) is 6.87. The van der Waals surface area contributed by atoms with Gasteiger partial charge in [0.2, 0.25) is 0 Å². The number of carbonyl (C=O) groups excluding carboxylic acids is 1. The van der Waals surface area contributed by atoms with Gasteiger partial charge < -0.3 is 14.4 Å². The number of aryl methyl sites for hydroxylation is 3. The van der Waals surface area contributed by atoms with E-state index in [1.54, 1.807) is 0 Å². The Morgan fingerprint density at radius 2 is 1.44 bits per heavy atom. The highest BCUT2D eigenvalue weighted by Gasteiger charge is 2.12. The molecule has 0 N–H and O–H groups in total. The molecule has 0 aromatic heterocycles. The predicted molar refractivity (Wildman–Crippen MR) is 164 cm³/mol. The summed E-state index contributed by atoms with van der Waals surface area (Å²) in [5.41, 5.74) is 5.24. The maximum absolute atomic E-state index is 13.1. The van der Waals surface area contributed by atoms with E-state index in [9.17, 15) is 4.79 Å². The van der Waals surface area contributed by atoms with Gasteiger partial charge >= 0.3 is 5.97 Å². The Bertz CT molecular complexity index is 1010. The van der Waals surface area contributed by atoms with Gasteiger partial charge in [-0.2, -0.15) is 0 Å². The molecule has 0 heterocycles. The number of rotatable bonds is 19. The molecular weight excluding hydrogens is 482 g/mol. The quantitative estimate of drug-likeness (QED) is 0.0783. The second kappa shape index (κ2) is 19.1. The van der Waals surface area contributed by atoms with Crippen molar-refractivity contribution in [1.29, 1.82) is 0 Å². The summed E-state index contributed by atoms with van der Waals surface area (Å²) in [6, 6.07) is 14.4. The van der Waals surface area contributed by atoms with Crippen molar-refractivity contribution in [3.05, 3.63) is 88.6 Å². The van der Waals surface area contributed by atoms with Gasteiger partial charge in [-0.15, -0.1) is 0 Å². The summed E-state index contributed by atoms with van der Waals surface area (Å²) in [4.78, 5) is 15.5. The van der Waals surface area contributed by atoms with Crippen LogP contribution in [0.2, 0.25) is 0 Å². The van der Waals surface area contributed by atoms with Gasteiger partial charge in [-0.3, -0.25) is 0 Å². The number of unbranched alkanes of at least 4 members (excludes halogenated alkanes) is 6. The SMILES string of the molecule is CCCCCCN(/C=C/C=C(\Cc1ccc(C)cc1)C(=O)OCCOc1ccc(C)cc1C)CCCCCC. The fourth-order valence-electron chi connectivity index (χ4n) is 4.49. The first-order valence-electron chi connectivity index (χ1n) is 15.0. The smallest absolute Gasteiger partial charge is 0.334 e. The average Bonchev–Trinajstić information content (AvgIpc) is 2.92. The van der Waals surface area contributed by atoms with Crippen LogP contribution in [-0.4, -0.2) is 37.2 Å². The minimum Gasteiger partial charge on any atom is -0.490 e. The number of allylic oxidation sites excluding steroid dienone is 2. The van der Waals surface area contributed by atoms with Gasteiger partial charge in [0.15, 0.2) is 0 Å². The number of nitrogens with zero attached hydrogens (tertiary/aromatic N) is 1. The Hall–Kier alpha value is -3.01. The van der Waals surface area contributed by atoms with Crippen LogP contribution in [0.15, 0.2) is 66.4 Å². The molecule has 0 aliphatic heterocycles. The van der Waals surface area contributed by atoms with Crippen LogP contribution in [0.25, 0.3) is 0 Å². The van der Waals surface area contributed by atoms with Gasteiger partial charge in [-0.05, 0) is 63.1 Å². The lowest BCUT2D eigenvalue weighted by molar-refractivity contribution is -0.139. The monoisotopic (exact) mass is 533 g/mol. The average molecular weight is 534 g/mol. The van der Waals surface area contributed by atoms with Gasteiger partial charge in [-0.25, -0.2) is 4.79 Å². The topological polar surface area (TPSA) is 38.8 Å². The van der Waals surface area contributed by atoms with Crippen molar-refractivity contribution in [2.45, 2.75) is 92.4 Å². The molecule has 2 rings (SSSR count). The zero-order valence-corrected chi connectivity index (χ0v) is 25.1. The molecular formula is C35H51NO3. The summed E-state index contributed by atoms with van der Waals surface area (Å²) < 4.78 is 11.5. The Labute approximate surface area is 238 Å². The van der Waals surface area contributed by atoms with Crippen molar-refractivity contribution >= 4 is 5.97 Å². The van der Waals surface area contributed by atoms with Crippen molar-refractivity contribution in [3.63, 3.8) is 0 Å². The number of ether oxygens (including phenoxy) is 2. The summed E-state index contributed by atoms with van der Waals surface area (Å²) in [6.07, 6.45) is 16.6. The van der Waals surface area contributed by atoms with Gasteiger partial charge in [0, 0.05) is 25.1 Å². The first kappa shape index (κ1) is 32.2. The van der Waals surface area contributed by atoms with Crippen LogP contribution in [-0.2, 0) is 16.0 Å². The molecule has 0 saturated carbocycles. The van der Waals surface area contributed by atoms with Crippen LogP contribution in [0.4, 0.5) is 0 Å². The molecule has 0 atom stereocenters. The van der Waals surface area contributed by atoms with Crippen LogP contribution in [0, 0.1) is 20.8 Å². The first-order valence-corrected chi connectivity index (χ1v) is 15.0. The first-order chi connectivity index (χ1) is 18.9. The van der Waals surface area contributed by atoms with Crippen molar-refractivity contribution in [2.75, 3.05) is 26.3 Å². The minimum absolute atomic E-state index is 0.210. The van der Waals surface area contributed by atoms with Crippen LogP contribution >= 0.6 is 0 Å². The van der Waals surface area contributed by atoms with Crippen molar-refractivity contribution in [1.82, 2.24) is 4.90 Å². The van der Waals surface area contributed by atoms with E-state index < -0.39 is 0 Å². The van der Waals surface area contributed by atoms with E-state index in [1.165, 1.54) is 62.5 Å². The molecule has 0 aliphatic carbocycles. The van der Waals surface area contributed by atoms with E-state index in [-0.39, 0.29) is 12.6 Å². The maximum Gasteiger partial charge on any atom is 0.334 e. The number of carbonyl (C=O) groups is 1.